The molecule has 2 amide bonds. The zero-order chi connectivity index (χ0) is 22.3. The molecule has 0 fully saturated rings. The smallest absolute Gasteiger partial charge is 0.261 e. The number of aromatic nitrogens is 1. The number of benzene rings is 2. The molecule has 2 aromatic carbocycles. The molecule has 0 aliphatic carbocycles. The fraction of sp³-hybridized carbons (Fsp3) is 0.231. The van der Waals surface area contributed by atoms with E-state index in [-0.39, 0.29) is 35.8 Å². The second-order valence-corrected chi connectivity index (χ2v) is 7.87. The van der Waals surface area contributed by atoms with Gasteiger partial charge in [0, 0.05) is 30.8 Å². The molecule has 0 N–H and O–H groups in total. The Balaban J connectivity index is 0.00000306. The number of pyridine rings is 1. The van der Waals surface area contributed by atoms with Crippen molar-refractivity contribution in [1.29, 1.82) is 0 Å². The minimum atomic E-state index is -0.183. The number of nitrogens with zero attached hydrogens (tertiary/aromatic N) is 4. The van der Waals surface area contributed by atoms with Gasteiger partial charge in [-0.1, -0.05) is 30.3 Å². The number of anilines is 1. The monoisotopic (exact) mass is 555 g/mol. The van der Waals surface area contributed by atoms with Crippen molar-refractivity contribution in [3.8, 4) is 0 Å². The maximum atomic E-state index is 12.5. The lowest BCUT2D eigenvalue weighted by atomic mass is 10.1. The number of hydrogen-bond acceptors (Lipinski definition) is 4. The van der Waals surface area contributed by atoms with E-state index in [0.29, 0.717) is 17.7 Å². The zero-order valence-electron chi connectivity index (χ0n) is 18.6. The SMILES string of the molecule is C[n+]1ccc(/C=N/N(CCCCCN2C(=O)c3ccccc3C2=O)c2ccccc2)cc1.I. The van der Waals surface area contributed by atoms with Crippen LogP contribution in [-0.4, -0.2) is 36.0 Å². The Bertz CT molecular complexity index is 1080. The molecule has 170 valence electrons. The number of rotatable bonds is 9. The molecule has 0 spiro atoms. The third-order valence-electron chi connectivity index (χ3n) is 5.53. The van der Waals surface area contributed by atoms with Gasteiger partial charge in [-0.3, -0.25) is 19.5 Å². The van der Waals surface area contributed by atoms with Gasteiger partial charge in [0.15, 0.2) is 12.4 Å². The number of hydrogen-bond donors (Lipinski definition) is 0. The van der Waals surface area contributed by atoms with Crippen molar-refractivity contribution in [3.05, 3.63) is 95.8 Å². The Kier molecular flexibility index (Phi) is 8.71. The number of hydrazone groups is 1. The molecular weight excluding hydrogens is 527 g/mol. The Labute approximate surface area is 211 Å². The van der Waals surface area contributed by atoms with Crippen molar-refractivity contribution in [2.45, 2.75) is 19.3 Å². The van der Waals surface area contributed by atoms with Crippen LogP contribution in [0.5, 0.6) is 0 Å². The van der Waals surface area contributed by atoms with Gasteiger partial charge in [0.1, 0.15) is 7.05 Å². The number of para-hydroxylation sites is 1. The Morgan fingerprint density at radius 3 is 2.09 bits per heavy atom. The fourth-order valence-corrected chi connectivity index (χ4v) is 3.74. The molecule has 0 saturated carbocycles. The molecule has 1 aliphatic heterocycles. The summed E-state index contributed by atoms with van der Waals surface area (Å²) in [4.78, 5) is 26.3. The standard InChI is InChI=1S/C26H27N4O2.HI/c1-28-18-14-21(15-19-28)20-27-30(22-10-4-2-5-11-22)17-9-3-8-16-29-25(31)23-12-6-7-13-24(23)26(29)32;/h2,4-7,10-15,18-20H,3,8-9,16-17H2,1H3;1H/q+1;. The summed E-state index contributed by atoms with van der Waals surface area (Å²) in [6.07, 6.45) is 8.42. The molecule has 1 aromatic heterocycles. The lowest BCUT2D eigenvalue weighted by Crippen LogP contribution is -2.30. The third-order valence-corrected chi connectivity index (χ3v) is 5.53. The van der Waals surface area contributed by atoms with Crippen molar-refractivity contribution < 1.29 is 14.2 Å². The molecule has 33 heavy (non-hydrogen) atoms. The van der Waals surface area contributed by atoms with Crippen LogP contribution < -0.4 is 9.58 Å². The topological polar surface area (TPSA) is 56.9 Å². The van der Waals surface area contributed by atoms with Gasteiger partial charge in [0.05, 0.1) is 23.0 Å². The average molecular weight is 555 g/mol. The highest BCUT2D eigenvalue weighted by atomic mass is 127. The lowest BCUT2D eigenvalue weighted by Gasteiger charge is -2.19. The van der Waals surface area contributed by atoms with E-state index in [1.807, 2.05) is 77.7 Å². The quantitative estimate of drug-likeness (QED) is 0.0981. The summed E-state index contributed by atoms with van der Waals surface area (Å²) in [5.41, 5.74) is 3.09. The minimum Gasteiger partial charge on any atom is -0.274 e. The van der Waals surface area contributed by atoms with Crippen molar-refractivity contribution in [3.63, 3.8) is 0 Å². The van der Waals surface area contributed by atoms with Crippen molar-refractivity contribution in [2.24, 2.45) is 12.1 Å². The van der Waals surface area contributed by atoms with Crippen LogP contribution in [0.1, 0.15) is 45.5 Å². The molecule has 2 heterocycles. The number of aryl methyl sites for hydroxylation is 1. The Morgan fingerprint density at radius 1 is 0.848 bits per heavy atom. The first-order valence-electron chi connectivity index (χ1n) is 10.9. The maximum absolute atomic E-state index is 12.5. The maximum Gasteiger partial charge on any atom is 0.261 e. The largest absolute Gasteiger partial charge is 0.274 e. The molecule has 0 bridgehead atoms. The molecule has 1 aliphatic rings. The predicted molar refractivity (Wildman–Crippen MR) is 140 cm³/mol. The number of fused-ring (bicyclic) bond motifs is 1. The molecule has 0 radical (unpaired) electrons. The summed E-state index contributed by atoms with van der Waals surface area (Å²) in [6.45, 7) is 1.20. The number of unbranched alkanes of at least 4 members (excludes halogenated alkanes) is 2. The van der Waals surface area contributed by atoms with Crippen LogP contribution >= 0.6 is 24.0 Å². The first-order chi connectivity index (χ1) is 15.6. The van der Waals surface area contributed by atoms with Crippen LogP contribution in [0.15, 0.2) is 84.2 Å². The van der Waals surface area contributed by atoms with Gasteiger partial charge in [0.2, 0.25) is 0 Å². The third kappa shape index (κ3) is 6.04. The van der Waals surface area contributed by atoms with Crippen LogP contribution in [-0.2, 0) is 7.05 Å². The first-order valence-corrected chi connectivity index (χ1v) is 10.9. The first kappa shape index (κ1) is 24.6. The van der Waals surface area contributed by atoms with Gasteiger partial charge >= 0.3 is 0 Å². The van der Waals surface area contributed by atoms with E-state index in [1.165, 1.54) is 4.90 Å². The second-order valence-electron chi connectivity index (χ2n) is 7.87. The van der Waals surface area contributed by atoms with E-state index in [2.05, 4.69) is 0 Å². The van der Waals surface area contributed by atoms with Crippen molar-refractivity contribution in [2.75, 3.05) is 18.1 Å². The molecule has 6 nitrogen and oxygen atoms in total. The highest BCUT2D eigenvalue weighted by Crippen LogP contribution is 2.23. The summed E-state index contributed by atoms with van der Waals surface area (Å²) in [6, 6.07) is 21.2. The number of amides is 2. The number of carbonyl (C=O) groups is 2. The van der Waals surface area contributed by atoms with E-state index >= 15 is 0 Å². The van der Waals surface area contributed by atoms with Crippen LogP contribution in [0.4, 0.5) is 5.69 Å². The van der Waals surface area contributed by atoms with E-state index < -0.39 is 0 Å². The zero-order valence-corrected chi connectivity index (χ0v) is 21.0. The van der Waals surface area contributed by atoms with Gasteiger partial charge in [-0.05, 0) is 43.5 Å². The van der Waals surface area contributed by atoms with Crippen molar-refractivity contribution in [1.82, 2.24) is 4.90 Å². The fourth-order valence-electron chi connectivity index (χ4n) is 3.74. The second kappa shape index (κ2) is 11.7. The number of carbonyl (C=O) groups excluding carboxylic acids is 2. The van der Waals surface area contributed by atoms with E-state index in [1.54, 1.807) is 24.3 Å². The van der Waals surface area contributed by atoms with Crippen LogP contribution in [0.25, 0.3) is 0 Å². The van der Waals surface area contributed by atoms with Crippen LogP contribution in [0.3, 0.4) is 0 Å². The van der Waals surface area contributed by atoms with Gasteiger partial charge in [0.25, 0.3) is 11.8 Å². The van der Waals surface area contributed by atoms with E-state index in [4.69, 9.17) is 5.10 Å². The molecule has 0 saturated heterocycles. The lowest BCUT2D eigenvalue weighted by molar-refractivity contribution is -0.671. The van der Waals surface area contributed by atoms with Crippen molar-refractivity contribution >= 4 is 47.7 Å². The molecule has 7 heteroatoms. The molecule has 4 rings (SSSR count). The van der Waals surface area contributed by atoms with Gasteiger partial charge in [-0.25, -0.2) is 4.57 Å². The highest BCUT2D eigenvalue weighted by molar-refractivity contribution is 14.0. The van der Waals surface area contributed by atoms with Gasteiger partial charge in [-0.15, -0.1) is 24.0 Å². The van der Waals surface area contributed by atoms with E-state index in [9.17, 15) is 9.59 Å². The summed E-state index contributed by atoms with van der Waals surface area (Å²) >= 11 is 0. The molecular formula is C26H28IN4O2+. The summed E-state index contributed by atoms with van der Waals surface area (Å²) in [7, 11) is 1.99. The van der Waals surface area contributed by atoms with E-state index in [0.717, 1.165) is 37.1 Å². The Hall–Kier alpha value is -3.07. The normalized spacial score (nSPS) is 12.7. The molecule has 0 unspecified atom stereocenters. The summed E-state index contributed by atoms with van der Waals surface area (Å²) in [5, 5.41) is 6.70. The van der Waals surface area contributed by atoms with Gasteiger partial charge in [-0.2, -0.15) is 5.10 Å². The summed E-state index contributed by atoms with van der Waals surface area (Å²) < 4.78 is 1.99. The van der Waals surface area contributed by atoms with Crippen LogP contribution in [0.2, 0.25) is 0 Å². The van der Waals surface area contributed by atoms with Gasteiger partial charge < -0.3 is 0 Å². The molecule has 3 aromatic rings. The average Bonchev–Trinajstić information content (AvgIpc) is 3.07. The molecule has 0 atom stereocenters. The number of halogens is 1. The Morgan fingerprint density at radius 2 is 1.45 bits per heavy atom. The minimum absolute atomic E-state index is 0. The van der Waals surface area contributed by atoms with Crippen LogP contribution in [0, 0.1) is 0 Å². The predicted octanol–water partition coefficient (Wildman–Crippen LogP) is 4.44. The highest BCUT2D eigenvalue weighted by Gasteiger charge is 2.34. The summed E-state index contributed by atoms with van der Waals surface area (Å²) in [5.74, 6) is -0.366. The number of imide groups is 1.